The molecule has 3 nitrogen and oxygen atoms in total. The Morgan fingerprint density at radius 2 is 2.05 bits per heavy atom. The Kier molecular flexibility index (Phi) is 5.45. The predicted octanol–water partition coefficient (Wildman–Crippen LogP) is 3.57. The molecule has 0 atom stereocenters. The van der Waals surface area contributed by atoms with E-state index in [0.29, 0.717) is 11.5 Å². The Bertz CT molecular complexity index is 450. The van der Waals surface area contributed by atoms with Crippen molar-refractivity contribution in [1.29, 1.82) is 0 Å². The molecule has 1 amide bonds. The standard InChI is InChI=1S/C17H25NO2/c1-3-14-10-7-11-15(16(14)20-2)17(19)18-12-13-8-5-4-6-9-13/h7,10-11,13H,3-6,8-9,12H2,1-2H3,(H,18,19). The van der Waals surface area contributed by atoms with E-state index in [2.05, 4.69) is 12.2 Å². The van der Waals surface area contributed by atoms with Gasteiger partial charge in [0, 0.05) is 6.54 Å². The van der Waals surface area contributed by atoms with Crippen molar-refractivity contribution < 1.29 is 9.53 Å². The summed E-state index contributed by atoms with van der Waals surface area (Å²) in [6.07, 6.45) is 7.30. The molecule has 20 heavy (non-hydrogen) atoms. The van der Waals surface area contributed by atoms with Gasteiger partial charge in [-0.2, -0.15) is 0 Å². The number of hydrogen-bond acceptors (Lipinski definition) is 2. The maximum atomic E-state index is 12.3. The lowest BCUT2D eigenvalue weighted by atomic mass is 9.89. The molecule has 0 bridgehead atoms. The number of carbonyl (C=O) groups is 1. The van der Waals surface area contributed by atoms with Gasteiger partial charge in [-0.15, -0.1) is 0 Å². The zero-order chi connectivity index (χ0) is 14.4. The topological polar surface area (TPSA) is 38.3 Å². The van der Waals surface area contributed by atoms with Crippen molar-refractivity contribution >= 4 is 5.91 Å². The first kappa shape index (κ1) is 14.9. The molecule has 0 saturated heterocycles. The van der Waals surface area contributed by atoms with Crippen LogP contribution in [0.25, 0.3) is 0 Å². The number of rotatable bonds is 5. The molecular weight excluding hydrogens is 250 g/mol. The quantitative estimate of drug-likeness (QED) is 0.892. The smallest absolute Gasteiger partial charge is 0.255 e. The predicted molar refractivity (Wildman–Crippen MR) is 81.3 cm³/mol. The van der Waals surface area contributed by atoms with Gasteiger partial charge in [0.1, 0.15) is 5.75 Å². The number of amides is 1. The lowest BCUT2D eigenvalue weighted by molar-refractivity contribution is 0.0940. The summed E-state index contributed by atoms with van der Waals surface area (Å²) in [6, 6.07) is 5.78. The molecule has 1 aromatic rings. The summed E-state index contributed by atoms with van der Waals surface area (Å²) in [5.74, 6) is 1.35. The summed E-state index contributed by atoms with van der Waals surface area (Å²) < 4.78 is 5.42. The summed E-state index contributed by atoms with van der Waals surface area (Å²) >= 11 is 0. The normalized spacial score (nSPS) is 15.9. The number of benzene rings is 1. The van der Waals surface area contributed by atoms with Gasteiger partial charge in [-0.05, 0) is 36.8 Å². The summed E-state index contributed by atoms with van der Waals surface area (Å²) in [4.78, 5) is 12.3. The van der Waals surface area contributed by atoms with E-state index in [4.69, 9.17) is 4.74 Å². The maximum Gasteiger partial charge on any atom is 0.255 e. The van der Waals surface area contributed by atoms with Crippen molar-refractivity contribution in [3.8, 4) is 5.75 Å². The second-order valence-electron chi connectivity index (χ2n) is 5.57. The van der Waals surface area contributed by atoms with Crippen LogP contribution in [0, 0.1) is 5.92 Å². The molecule has 0 heterocycles. The highest BCUT2D eigenvalue weighted by atomic mass is 16.5. The zero-order valence-corrected chi connectivity index (χ0v) is 12.6. The highest BCUT2D eigenvalue weighted by molar-refractivity contribution is 5.97. The first-order valence-electron chi connectivity index (χ1n) is 7.70. The van der Waals surface area contributed by atoms with Crippen LogP contribution in [0.5, 0.6) is 5.75 Å². The van der Waals surface area contributed by atoms with Crippen LogP contribution in [0.15, 0.2) is 18.2 Å². The molecule has 0 spiro atoms. The van der Waals surface area contributed by atoms with Gasteiger partial charge in [-0.1, -0.05) is 38.3 Å². The Morgan fingerprint density at radius 3 is 2.70 bits per heavy atom. The Labute approximate surface area is 121 Å². The molecule has 0 aromatic heterocycles. The highest BCUT2D eigenvalue weighted by Crippen LogP contribution is 2.25. The third-order valence-electron chi connectivity index (χ3n) is 4.20. The highest BCUT2D eigenvalue weighted by Gasteiger charge is 2.18. The fourth-order valence-electron chi connectivity index (χ4n) is 3.01. The second-order valence-corrected chi connectivity index (χ2v) is 5.57. The van der Waals surface area contributed by atoms with Crippen molar-refractivity contribution in [2.45, 2.75) is 45.4 Å². The van der Waals surface area contributed by atoms with Gasteiger partial charge in [0.15, 0.2) is 0 Å². The monoisotopic (exact) mass is 275 g/mol. The van der Waals surface area contributed by atoms with E-state index in [1.165, 1.54) is 32.1 Å². The SMILES string of the molecule is CCc1cccc(C(=O)NCC2CCCCC2)c1OC. The van der Waals surface area contributed by atoms with Crippen LogP contribution in [-0.2, 0) is 6.42 Å². The van der Waals surface area contributed by atoms with Crippen molar-refractivity contribution in [3.05, 3.63) is 29.3 Å². The molecular formula is C17H25NO2. The molecule has 1 fully saturated rings. The van der Waals surface area contributed by atoms with Crippen LogP contribution >= 0.6 is 0 Å². The van der Waals surface area contributed by atoms with Gasteiger partial charge >= 0.3 is 0 Å². The minimum Gasteiger partial charge on any atom is -0.496 e. The Morgan fingerprint density at radius 1 is 1.30 bits per heavy atom. The Hall–Kier alpha value is -1.51. The van der Waals surface area contributed by atoms with E-state index < -0.39 is 0 Å². The first-order chi connectivity index (χ1) is 9.76. The molecule has 1 aliphatic rings. The van der Waals surface area contributed by atoms with Gasteiger partial charge in [0.2, 0.25) is 0 Å². The number of carbonyl (C=O) groups excluding carboxylic acids is 1. The summed E-state index contributed by atoms with van der Waals surface area (Å²) in [7, 11) is 1.63. The third kappa shape index (κ3) is 3.53. The van der Waals surface area contributed by atoms with Crippen LogP contribution in [0.1, 0.15) is 54.9 Å². The molecule has 2 rings (SSSR count). The average molecular weight is 275 g/mol. The van der Waals surface area contributed by atoms with Gasteiger partial charge in [-0.25, -0.2) is 0 Å². The van der Waals surface area contributed by atoms with Gasteiger partial charge < -0.3 is 10.1 Å². The number of aryl methyl sites for hydroxylation is 1. The second kappa shape index (κ2) is 7.32. The largest absolute Gasteiger partial charge is 0.496 e. The zero-order valence-electron chi connectivity index (χ0n) is 12.6. The number of nitrogens with one attached hydrogen (secondary N) is 1. The van der Waals surface area contributed by atoms with E-state index in [-0.39, 0.29) is 5.91 Å². The summed E-state index contributed by atoms with van der Waals surface area (Å²) in [6.45, 7) is 2.86. The fourth-order valence-corrected chi connectivity index (χ4v) is 3.01. The Balaban J connectivity index is 2.01. The van der Waals surface area contributed by atoms with E-state index in [1.807, 2.05) is 18.2 Å². The number of methoxy groups -OCH3 is 1. The molecule has 1 N–H and O–H groups in total. The summed E-state index contributed by atoms with van der Waals surface area (Å²) in [5, 5.41) is 3.08. The molecule has 3 heteroatoms. The molecule has 1 aliphatic carbocycles. The van der Waals surface area contributed by atoms with Crippen molar-refractivity contribution in [1.82, 2.24) is 5.32 Å². The molecule has 0 aliphatic heterocycles. The molecule has 110 valence electrons. The van der Waals surface area contributed by atoms with Crippen molar-refractivity contribution in [2.75, 3.05) is 13.7 Å². The molecule has 0 radical (unpaired) electrons. The van der Waals surface area contributed by atoms with Crippen LogP contribution < -0.4 is 10.1 Å². The van der Waals surface area contributed by atoms with Crippen LogP contribution in [0.2, 0.25) is 0 Å². The number of ether oxygens (including phenoxy) is 1. The summed E-state index contributed by atoms with van der Waals surface area (Å²) in [5.41, 5.74) is 1.74. The average Bonchev–Trinajstić information content (AvgIpc) is 2.52. The van der Waals surface area contributed by atoms with Crippen molar-refractivity contribution in [3.63, 3.8) is 0 Å². The van der Waals surface area contributed by atoms with Crippen LogP contribution in [0.3, 0.4) is 0 Å². The van der Waals surface area contributed by atoms with E-state index in [9.17, 15) is 4.79 Å². The van der Waals surface area contributed by atoms with Crippen LogP contribution in [-0.4, -0.2) is 19.6 Å². The lowest BCUT2D eigenvalue weighted by Gasteiger charge is -2.22. The first-order valence-corrected chi connectivity index (χ1v) is 7.70. The van der Waals surface area contributed by atoms with Gasteiger partial charge in [0.05, 0.1) is 12.7 Å². The minimum absolute atomic E-state index is 0.0114. The number of para-hydroxylation sites is 1. The van der Waals surface area contributed by atoms with E-state index in [1.54, 1.807) is 7.11 Å². The van der Waals surface area contributed by atoms with E-state index >= 15 is 0 Å². The van der Waals surface area contributed by atoms with Gasteiger partial charge in [-0.3, -0.25) is 4.79 Å². The molecule has 1 aromatic carbocycles. The molecule has 1 saturated carbocycles. The third-order valence-corrected chi connectivity index (χ3v) is 4.20. The number of hydrogen-bond donors (Lipinski definition) is 1. The van der Waals surface area contributed by atoms with Gasteiger partial charge in [0.25, 0.3) is 5.91 Å². The van der Waals surface area contributed by atoms with Crippen molar-refractivity contribution in [2.24, 2.45) is 5.92 Å². The lowest BCUT2D eigenvalue weighted by Crippen LogP contribution is -2.30. The van der Waals surface area contributed by atoms with E-state index in [0.717, 1.165) is 24.3 Å². The fraction of sp³-hybridized carbons (Fsp3) is 0.588. The maximum absolute atomic E-state index is 12.3. The van der Waals surface area contributed by atoms with Crippen LogP contribution in [0.4, 0.5) is 0 Å². The minimum atomic E-state index is -0.0114. The molecule has 0 unspecified atom stereocenters.